The minimum Gasteiger partial charge on any atom is -0.369 e. The standard InChI is InChI=1S/C17H18N4O2/c1-10-6-14-15(11(2)23-10)20-21-16(14)17(22)19-9-13-5-3-4-12(7-13)8-18/h3-5,7,10-11H,6,9H2,1-2H3,(H,19,22)(H,20,21)/t10-,11+/m1/s1. The number of hydrogen-bond acceptors (Lipinski definition) is 4. The van der Waals surface area contributed by atoms with E-state index >= 15 is 0 Å². The summed E-state index contributed by atoms with van der Waals surface area (Å²) >= 11 is 0. The fraction of sp³-hybridized carbons (Fsp3) is 0.353. The number of nitrogens with one attached hydrogen (secondary N) is 2. The normalized spacial score (nSPS) is 19.7. The molecule has 23 heavy (non-hydrogen) atoms. The summed E-state index contributed by atoms with van der Waals surface area (Å²) in [6.07, 6.45) is 0.645. The first-order valence-electron chi connectivity index (χ1n) is 7.58. The Balaban J connectivity index is 1.73. The number of ether oxygens (including phenoxy) is 1. The quantitative estimate of drug-likeness (QED) is 0.909. The molecular formula is C17H18N4O2. The molecule has 0 spiro atoms. The van der Waals surface area contributed by atoms with Crippen LogP contribution in [0.15, 0.2) is 24.3 Å². The van der Waals surface area contributed by atoms with E-state index in [1.165, 1.54) is 0 Å². The summed E-state index contributed by atoms with van der Waals surface area (Å²) in [6.45, 7) is 4.29. The molecule has 2 heterocycles. The van der Waals surface area contributed by atoms with Crippen molar-refractivity contribution in [2.75, 3.05) is 0 Å². The molecule has 2 aromatic rings. The van der Waals surface area contributed by atoms with Crippen LogP contribution < -0.4 is 5.32 Å². The molecule has 1 amide bonds. The van der Waals surface area contributed by atoms with Crippen molar-refractivity contribution in [3.63, 3.8) is 0 Å². The topological polar surface area (TPSA) is 90.8 Å². The molecule has 0 saturated carbocycles. The minimum atomic E-state index is -0.217. The number of benzene rings is 1. The van der Waals surface area contributed by atoms with E-state index in [2.05, 4.69) is 21.6 Å². The lowest BCUT2D eigenvalue weighted by molar-refractivity contribution is -0.00697. The number of carbonyl (C=O) groups excluding carboxylic acids is 1. The molecule has 0 radical (unpaired) electrons. The van der Waals surface area contributed by atoms with Gasteiger partial charge in [0.2, 0.25) is 0 Å². The van der Waals surface area contributed by atoms with Crippen LogP contribution in [0.5, 0.6) is 0 Å². The highest BCUT2D eigenvalue weighted by Gasteiger charge is 2.29. The third-order valence-corrected chi connectivity index (χ3v) is 3.96. The maximum absolute atomic E-state index is 12.4. The average Bonchev–Trinajstić information content (AvgIpc) is 2.97. The van der Waals surface area contributed by atoms with E-state index in [0.29, 0.717) is 24.2 Å². The van der Waals surface area contributed by atoms with Gasteiger partial charge in [0.15, 0.2) is 5.69 Å². The van der Waals surface area contributed by atoms with Crippen LogP contribution >= 0.6 is 0 Å². The Labute approximate surface area is 134 Å². The number of hydrogen-bond donors (Lipinski definition) is 2. The Bertz CT molecular complexity index is 775. The molecule has 6 heteroatoms. The first kappa shape index (κ1) is 15.3. The van der Waals surface area contributed by atoms with E-state index < -0.39 is 0 Å². The minimum absolute atomic E-state index is 0.0639. The van der Waals surface area contributed by atoms with Gasteiger partial charge in [-0.15, -0.1) is 0 Å². The largest absolute Gasteiger partial charge is 0.369 e. The lowest BCUT2D eigenvalue weighted by atomic mass is 9.99. The highest BCUT2D eigenvalue weighted by molar-refractivity contribution is 5.94. The molecular weight excluding hydrogens is 292 g/mol. The molecule has 6 nitrogen and oxygen atoms in total. The molecule has 1 aromatic carbocycles. The van der Waals surface area contributed by atoms with E-state index in [9.17, 15) is 4.79 Å². The maximum atomic E-state index is 12.4. The fourth-order valence-electron chi connectivity index (χ4n) is 2.88. The molecule has 118 valence electrons. The Morgan fingerprint density at radius 3 is 3.13 bits per heavy atom. The second-order valence-corrected chi connectivity index (χ2v) is 5.75. The summed E-state index contributed by atoms with van der Waals surface area (Å²) in [5, 5.41) is 18.8. The first-order chi connectivity index (χ1) is 11.1. The molecule has 1 aliphatic heterocycles. The molecule has 1 aromatic heterocycles. The number of aromatic amines is 1. The molecule has 0 aliphatic carbocycles. The lowest BCUT2D eigenvalue weighted by Gasteiger charge is -2.25. The van der Waals surface area contributed by atoms with Crippen molar-refractivity contribution in [3.8, 4) is 6.07 Å². The zero-order chi connectivity index (χ0) is 16.4. The van der Waals surface area contributed by atoms with Gasteiger partial charge in [-0.25, -0.2) is 0 Å². The second-order valence-electron chi connectivity index (χ2n) is 5.75. The summed E-state index contributed by atoms with van der Waals surface area (Å²) in [5.74, 6) is -0.217. The molecule has 2 atom stereocenters. The van der Waals surface area contributed by atoms with E-state index in [4.69, 9.17) is 10.00 Å². The number of nitriles is 1. The van der Waals surface area contributed by atoms with Crippen molar-refractivity contribution in [1.82, 2.24) is 15.5 Å². The van der Waals surface area contributed by atoms with Gasteiger partial charge >= 0.3 is 0 Å². The third-order valence-electron chi connectivity index (χ3n) is 3.96. The van der Waals surface area contributed by atoms with E-state index in [1.54, 1.807) is 18.2 Å². The third kappa shape index (κ3) is 3.10. The molecule has 0 saturated heterocycles. The van der Waals surface area contributed by atoms with Crippen molar-refractivity contribution in [1.29, 1.82) is 5.26 Å². The second kappa shape index (κ2) is 6.23. The summed E-state index contributed by atoms with van der Waals surface area (Å²) < 4.78 is 5.73. The van der Waals surface area contributed by atoms with Gasteiger partial charge in [-0.2, -0.15) is 10.4 Å². The summed E-state index contributed by atoms with van der Waals surface area (Å²) in [7, 11) is 0. The van der Waals surface area contributed by atoms with Gasteiger partial charge in [-0.3, -0.25) is 9.89 Å². The van der Waals surface area contributed by atoms with Crippen LogP contribution in [-0.4, -0.2) is 22.2 Å². The smallest absolute Gasteiger partial charge is 0.272 e. The number of H-pyrrole nitrogens is 1. The zero-order valence-corrected chi connectivity index (χ0v) is 13.1. The number of nitrogens with zero attached hydrogens (tertiary/aromatic N) is 2. The number of rotatable bonds is 3. The van der Waals surface area contributed by atoms with Crippen LogP contribution in [0.1, 0.15) is 52.8 Å². The summed E-state index contributed by atoms with van der Waals surface area (Å²) in [5.41, 5.74) is 3.69. The van der Waals surface area contributed by atoms with Crippen LogP contribution in [0.3, 0.4) is 0 Å². The van der Waals surface area contributed by atoms with Gasteiger partial charge in [-0.05, 0) is 31.5 Å². The van der Waals surface area contributed by atoms with E-state index in [0.717, 1.165) is 16.8 Å². The van der Waals surface area contributed by atoms with E-state index in [1.807, 2.05) is 19.9 Å². The summed E-state index contributed by atoms with van der Waals surface area (Å²) in [6, 6.07) is 9.26. The highest BCUT2D eigenvalue weighted by atomic mass is 16.5. The van der Waals surface area contributed by atoms with Gasteiger partial charge in [0.05, 0.1) is 29.5 Å². The Morgan fingerprint density at radius 2 is 2.35 bits per heavy atom. The van der Waals surface area contributed by atoms with Crippen molar-refractivity contribution < 1.29 is 9.53 Å². The zero-order valence-electron chi connectivity index (χ0n) is 13.1. The maximum Gasteiger partial charge on any atom is 0.272 e. The first-order valence-corrected chi connectivity index (χ1v) is 7.58. The number of carbonyl (C=O) groups is 1. The van der Waals surface area contributed by atoms with Gasteiger partial charge in [0, 0.05) is 18.5 Å². The van der Waals surface area contributed by atoms with Crippen molar-refractivity contribution in [3.05, 3.63) is 52.3 Å². The molecule has 1 aliphatic rings. The van der Waals surface area contributed by atoms with Crippen molar-refractivity contribution >= 4 is 5.91 Å². The Morgan fingerprint density at radius 1 is 1.52 bits per heavy atom. The van der Waals surface area contributed by atoms with Gasteiger partial charge in [-0.1, -0.05) is 12.1 Å². The van der Waals surface area contributed by atoms with Crippen LogP contribution in [-0.2, 0) is 17.7 Å². The molecule has 2 N–H and O–H groups in total. The van der Waals surface area contributed by atoms with Gasteiger partial charge in [0.25, 0.3) is 5.91 Å². The Hall–Kier alpha value is -2.65. The predicted molar refractivity (Wildman–Crippen MR) is 83.6 cm³/mol. The SMILES string of the molecule is C[C@@H]1Cc2c(C(=O)NCc3cccc(C#N)c3)n[nH]c2[C@H](C)O1. The van der Waals surface area contributed by atoms with Crippen LogP contribution in [0.25, 0.3) is 0 Å². The van der Waals surface area contributed by atoms with Crippen molar-refractivity contribution in [2.45, 2.75) is 39.0 Å². The van der Waals surface area contributed by atoms with E-state index in [-0.39, 0.29) is 18.1 Å². The monoisotopic (exact) mass is 310 g/mol. The molecule has 0 unspecified atom stereocenters. The summed E-state index contributed by atoms with van der Waals surface area (Å²) in [4.78, 5) is 12.4. The number of aromatic nitrogens is 2. The number of amides is 1. The Kier molecular flexibility index (Phi) is 4.13. The average molecular weight is 310 g/mol. The van der Waals surface area contributed by atoms with Crippen molar-refractivity contribution in [2.24, 2.45) is 0 Å². The number of fused-ring (bicyclic) bond motifs is 1. The van der Waals surface area contributed by atoms with Crippen LogP contribution in [0.4, 0.5) is 0 Å². The fourth-order valence-corrected chi connectivity index (χ4v) is 2.88. The van der Waals surface area contributed by atoms with Gasteiger partial charge in [0.1, 0.15) is 0 Å². The predicted octanol–water partition coefficient (Wildman–Crippen LogP) is 2.23. The van der Waals surface area contributed by atoms with Crippen LogP contribution in [0.2, 0.25) is 0 Å². The van der Waals surface area contributed by atoms with Crippen LogP contribution in [0, 0.1) is 11.3 Å². The lowest BCUT2D eigenvalue weighted by Crippen LogP contribution is -2.27. The molecule has 0 bridgehead atoms. The highest BCUT2D eigenvalue weighted by Crippen LogP contribution is 2.30. The molecule has 0 fully saturated rings. The molecule has 3 rings (SSSR count). The van der Waals surface area contributed by atoms with Gasteiger partial charge < -0.3 is 10.1 Å².